The number of hydrogen-bond donors (Lipinski definition) is 0. The number of benzene rings is 3. The van der Waals surface area contributed by atoms with Crippen molar-refractivity contribution in [1.29, 1.82) is 0 Å². The molecule has 6 aromatic rings. The zero-order valence-electron chi connectivity index (χ0n) is 45.9. The fraction of sp³-hybridized carbons (Fsp3) is 0.548. The summed E-state index contributed by atoms with van der Waals surface area (Å²) >= 11 is 7.74. The van der Waals surface area contributed by atoms with Gasteiger partial charge < -0.3 is 0 Å². The fourth-order valence-corrected chi connectivity index (χ4v) is 33.0. The molecule has 3 nitrogen and oxygen atoms in total. The van der Waals surface area contributed by atoms with Crippen molar-refractivity contribution in [2.75, 3.05) is 0 Å². The van der Waals surface area contributed by atoms with Crippen molar-refractivity contribution in [3.8, 4) is 38.0 Å². The van der Waals surface area contributed by atoms with Crippen molar-refractivity contribution in [1.82, 2.24) is 9.97 Å². The van der Waals surface area contributed by atoms with Crippen LogP contribution in [-0.4, -0.2) is 28.3 Å². The molecular weight excluding hydrogens is 1210 g/mol. The molecular formula is C62H82Br2F4N2OS2Sn. The van der Waals surface area contributed by atoms with E-state index < -0.39 is 41.6 Å². The summed E-state index contributed by atoms with van der Waals surface area (Å²) in [7, 11) is 0. The Bertz CT molecular complexity index is 2580. The third-order valence-corrected chi connectivity index (χ3v) is 37.3. The summed E-state index contributed by atoms with van der Waals surface area (Å²) in [5.74, 6) is 1.27. The number of ether oxygens (including phenoxy) is 1. The number of rotatable bonds is 26. The Hall–Kier alpha value is -2.32. The molecule has 0 spiro atoms. The number of aromatic nitrogens is 2. The third-order valence-electron chi connectivity index (χ3n) is 15.3. The van der Waals surface area contributed by atoms with Crippen molar-refractivity contribution in [3.05, 3.63) is 103 Å². The number of fused-ring (bicyclic) bond motifs is 4. The van der Waals surface area contributed by atoms with Crippen LogP contribution in [0.3, 0.4) is 0 Å². The van der Waals surface area contributed by atoms with Crippen molar-refractivity contribution in [3.63, 3.8) is 0 Å². The van der Waals surface area contributed by atoms with Crippen molar-refractivity contribution >= 4 is 86.8 Å². The molecule has 0 bridgehead atoms. The van der Waals surface area contributed by atoms with Gasteiger partial charge in [0.1, 0.15) is 22.7 Å². The van der Waals surface area contributed by atoms with Crippen LogP contribution in [0.5, 0.6) is 5.75 Å². The summed E-state index contributed by atoms with van der Waals surface area (Å²) in [6.45, 7) is 24.1. The monoisotopic (exact) mass is 1290 g/mol. The van der Waals surface area contributed by atoms with E-state index in [-0.39, 0.29) is 25.6 Å². The van der Waals surface area contributed by atoms with Gasteiger partial charge in [0.2, 0.25) is 0 Å². The molecule has 0 saturated carbocycles. The molecule has 0 amide bonds. The first-order chi connectivity index (χ1) is 35.3. The molecule has 0 N–H and O–H groups in total. The minimum absolute atomic E-state index is 0.0935. The summed E-state index contributed by atoms with van der Waals surface area (Å²) in [4.78, 5) is 13.4. The minimum Gasteiger partial charge on any atom is -0.242 e. The molecule has 0 fully saturated rings. The first-order valence-corrected chi connectivity index (χ1v) is 38.6. The topological polar surface area (TPSA) is 35.0 Å². The predicted molar refractivity (Wildman–Crippen MR) is 319 cm³/mol. The van der Waals surface area contributed by atoms with Crippen LogP contribution in [0.2, 0.25) is 13.3 Å². The van der Waals surface area contributed by atoms with Crippen LogP contribution < -0.4 is 7.63 Å². The van der Waals surface area contributed by atoms with E-state index in [2.05, 4.69) is 135 Å². The first-order valence-electron chi connectivity index (χ1n) is 27.9. The summed E-state index contributed by atoms with van der Waals surface area (Å²) in [6.07, 6.45) is 21.4. The van der Waals surface area contributed by atoms with E-state index in [9.17, 15) is 17.6 Å². The third kappa shape index (κ3) is 15.5. The van der Waals surface area contributed by atoms with Crippen LogP contribution in [0, 0.1) is 53.9 Å². The Balaban J connectivity index is 0.000000270. The summed E-state index contributed by atoms with van der Waals surface area (Å²) in [6, 6.07) is 16.2. The van der Waals surface area contributed by atoms with Gasteiger partial charge in [0.15, 0.2) is 11.6 Å². The second-order valence-corrected chi connectivity index (χ2v) is 40.5. The Morgan fingerprint density at radius 2 is 1.00 bits per heavy atom. The molecule has 1 aliphatic rings. The first kappa shape index (κ1) is 60.9. The van der Waals surface area contributed by atoms with E-state index in [1.54, 1.807) is 23.8 Å². The normalized spacial score (nSPS) is 15.3. The van der Waals surface area contributed by atoms with Gasteiger partial charge in [0.05, 0.1) is 20.3 Å². The van der Waals surface area contributed by atoms with Crippen LogP contribution in [0.1, 0.15) is 175 Å². The molecule has 0 aliphatic carbocycles. The van der Waals surface area contributed by atoms with Gasteiger partial charge in [0.25, 0.3) is 0 Å². The average Bonchev–Trinajstić information content (AvgIpc) is 4.01. The SMILES string of the molecule is CCC[CH2][Sn]([CH2]CCC)([CH2]CCC)[c]1cc2c(s1)-c1sc(C)cc1OC2(CCC(C)CCCC(C)C)CCC(C)CCCC(C)C.Fc1ccc(-c2nc3c(Br)c(F)c(F)c(Br)c3nc2-c2ccc(F)cc2)cc1. The van der Waals surface area contributed by atoms with Crippen LogP contribution in [0.25, 0.3) is 43.3 Å². The number of thiophene rings is 2. The van der Waals surface area contributed by atoms with Gasteiger partial charge in [0, 0.05) is 11.1 Å². The fourth-order valence-electron chi connectivity index (χ4n) is 10.7. The Labute approximate surface area is 471 Å². The second-order valence-electron chi connectivity index (χ2n) is 22.4. The molecule has 74 heavy (non-hydrogen) atoms. The van der Waals surface area contributed by atoms with Crippen LogP contribution in [-0.2, 0) is 5.60 Å². The molecule has 1 aliphatic heterocycles. The van der Waals surface area contributed by atoms with Gasteiger partial charge in [-0.3, -0.25) is 0 Å². The quantitative estimate of drug-likeness (QED) is 0.0235. The van der Waals surface area contributed by atoms with Crippen LogP contribution >= 0.6 is 54.5 Å². The van der Waals surface area contributed by atoms with Crippen LogP contribution in [0.4, 0.5) is 17.6 Å². The van der Waals surface area contributed by atoms with Gasteiger partial charge in [-0.05, 0) is 80.4 Å². The Kier molecular flexibility index (Phi) is 23.5. The summed E-state index contributed by atoms with van der Waals surface area (Å²) in [5, 5.41) is 0. The molecule has 7 rings (SSSR count). The van der Waals surface area contributed by atoms with E-state index in [0.29, 0.717) is 22.5 Å². The summed E-state index contributed by atoms with van der Waals surface area (Å²) < 4.78 is 68.7. The van der Waals surface area contributed by atoms with Gasteiger partial charge >= 0.3 is 301 Å². The molecule has 4 heterocycles. The zero-order valence-corrected chi connectivity index (χ0v) is 53.6. The number of nitrogens with zero attached hydrogens (tertiary/aromatic N) is 2. The minimum atomic E-state index is -2.59. The van der Waals surface area contributed by atoms with E-state index in [1.165, 1.54) is 167 Å². The van der Waals surface area contributed by atoms with E-state index >= 15 is 0 Å². The molecule has 2 unspecified atom stereocenters. The molecule has 0 saturated heterocycles. The molecule has 3 aromatic carbocycles. The van der Waals surface area contributed by atoms with Gasteiger partial charge in [-0.15, -0.1) is 0 Å². The predicted octanol–water partition coefficient (Wildman–Crippen LogP) is 22.0. The van der Waals surface area contributed by atoms with Gasteiger partial charge in [-0.25, -0.2) is 27.5 Å². The van der Waals surface area contributed by atoms with Crippen molar-refractivity contribution in [2.45, 2.75) is 191 Å². The smallest absolute Gasteiger partial charge is 0.242 e. The number of unbranched alkanes of at least 4 members (excludes halogenated alkanes) is 3. The van der Waals surface area contributed by atoms with E-state index in [4.69, 9.17) is 4.74 Å². The van der Waals surface area contributed by atoms with E-state index in [1.807, 2.05) is 14.2 Å². The zero-order chi connectivity index (χ0) is 53.7. The number of aryl methyl sites for hydroxylation is 1. The van der Waals surface area contributed by atoms with Gasteiger partial charge in [-0.2, -0.15) is 0 Å². The average molecular weight is 1290 g/mol. The van der Waals surface area contributed by atoms with Gasteiger partial charge in [-0.1, -0.05) is 0 Å². The summed E-state index contributed by atoms with van der Waals surface area (Å²) in [5.41, 5.74) is 3.31. The standard InChI is InChI=1S/C30H47OS2.C20H8Br2F4N2.3C4H9.Sn/c1-21(2)10-8-12-23(5)14-17-30(18-15-24(6)13-9-11-22(3)4)26-16-19-32-28(26)29-27(31-30)20-25(7)33-29;21-13-15(25)16(26)14(22)20-19(13)27-17(9-1-5-11(23)6-2-9)18(28-20)10-3-7-12(24)8-4-10;3*1-3-4-2;/h16,20-24H,8-15,17-18H2,1-7H3;1-8H;3*1,3-4H2,2H3;. The molecule has 12 heteroatoms. The molecule has 3 aromatic heterocycles. The maximum atomic E-state index is 14.2. The Morgan fingerprint density at radius 1 is 0.568 bits per heavy atom. The Morgan fingerprint density at radius 3 is 1.41 bits per heavy atom. The van der Waals surface area contributed by atoms with Crippen molar-refractivity contribution < 1.29 is 22.3 Å². The van der Waals surface area contributed by atoms with Crippen LogP contribution in [0.15, 0.2) is 69.6 Å². The number of halogens is 6. The second kappa shape index (κ2) is 28.5. The van der Waals surface area contributed by atoms with E-state index in [0.717, 1.165) is 23.7 Å². The van der Waals surface area contributed by atoms with Crippen molar-refractivity contribution in [2.24, 2.45) is 23.7 Å². The molecule has 404 valence electrons. The number of hydrogen-bond acceptors (Lipinski definition) is 5. The molecule has 0 radical (unpaired) electrons. The maximum absolute atomic E-state index is 14.2. The molecule has 2 atom stereocenters.